The van der Waals surface area contributed by atoms with Crippen molar-refractivity contribution in [2.45, 2.75) is 84.0 Å². The zero-order valence-corrected chi connectivity index (χ0v) is 36.4. The SMILES string of the molecule is CC(C)(C)OC(=O)CN1CCN(CCNS(=O)(=O)c2ccc3nc(C#N)c4ccccc4c3c2)CCN(CC(=O)OC(C)(C)C)CCN(CC(=O)OC(C)(C)C)CC1. The Kier molecular flexibility index (Phi) is 15.8. The van der Waals surface area contributed by atoms with E-state index in [9.17, 15) is 28.1 Å². The van der Waals surface area contributed by atoms with Crippen LogP contribution in [0.1, 0.15) is 68.0 Å². The Labute approximate surface area is 343 Å². The van der Waals surface area contributed by atoms with Gasteiger partial charge >= 0.3 is 17.9 Å². The normalized spacial score (nSPS) is 16.6. The van der Waals surface area contributed by atoms with Crippen LogP contribution in [0.4, 0.5) is 0 Å². The topological polar surface area (TPSA) is 175 Å². The van der Waals surface area contributed by atoms with Gasteiger partial charge in [-0.3, -0.25) is 34.0 Å². The molecular weight excluding hydrogens is 763 g/mol. The number of sulfonamides is 1. The molecule has 0 unspecified atom stereocenters. The Balaban J connectivity index is 1.54. The van der Waals surface area contributed by atoms with Crippen LogP contribution in [0, 0.1) is 11.3 Å². The molecule has 0 atom stereocenters. The number of ether oxygens (including phenoxy) is 3. The summed E-state index contributed by atoms with van der Waals surface area (Å²) in [4.78, 5) is 51.6. The highest BCUT2D eigenvalue weighted by atomic mass is 32.2. The van der Waals surface area contributed by atoms with Crippen LogP contribution < -0.4 is 4.72 Å². The summed E-state index contributed by atoms with van der Waals surface area (Å²) in [5, 5.41) is 11.7. The first-order valence-corrected chi connectivity index (χ1v) is 21.3. The molecule has 0 aliphatic carbocycles. The largest absolute Gasteiger partial charge is 0.459 e. The Morgan fingerprint density at radius 1 is 0.655 bits per heavy atom. The van der Waals surface area contributed by atoms with E-state index in [0.29, 0.717) is 75.2 Å². The molecule has 1 N–H and O–H groups in total. The Bertz CT molecular complexity index is 2020. The average Bonchev–Trinajstić information content (AvgIpc) is 3.09. The number of pyridine rings is 1. The van der Waals surface area contributed by atoms with Gasteiger partial charge in [-0.15, -0.1) is 0 Å². The number of aromatic nitrogens is 1. The van der Waals surface area contributed by atoms with Gasteiger partial charge in [-0.2, -0.15) is 5.26 Å². The van der Waals surface area contributed by atoms with Crippen molar-refractivity contribution in [3.63, 3.8) is 0 Å². The second kappa shape index (κ2) is 19.7. The highest BCUT2D eigenvalue weighted by Gasteiger charge is 2.26. The fourth-order valence-electron chi connectivity index (χ4n) is 6.55. The van der Waals surface area contributed by atoms with E-state index in [0.717, 1.165) is 5.39 Å². The first-order valence-electron chi connectivity index (χ1n) is 19.8. The number of hydrogen-bond acceptors (Lipinski definition) is 14. The number of esters is 3. The summed E-state index contributed by atoms with van der Waals surface area (Å²) in [5.41, 5.74) is -1.19. The molecule has 318 valence electrons. The van der Waals surface area contributed by atoms with Crippen LogP contribution in [0.2, 0.25) is 0 Å². The maximum Gasteiger partial charge on any atom is 0.320 e. The summed E-state index contributed by atoms with van der Waals surface area (Å²) in [6.45, 7) is 20.5. The average molecular weight is 824 g/mol. The third-order valence-corrected chi connectivity index (χ3v) is 10.5. The molecule has 2 heterocycles. The molecule has 0 bridgehead atoms. The van der Waals surface area contributed by atoms with Crippen molar-refractivity contribution >= 4 is 49.6 Å². The Morgan fingerprint density at radius 2 is 1.07 bits per heavy atom. The number of benzene rings is 2. The lowest BCUT2D eigenvalue weighted by Gasteiger charge is -2.34. The van der Waals surface area contributed by atoms with E-state index in [1.165, 1.54) is 6.07 Å². The lowest BCUT2D eigenvalue weighted by molar-refractivity contribution is -0.158. The maximum atomic E-state index is 13.7. The van der Waals surface area contributed by atoms with Crippen LogP contribution in [-0.4, -0.2) is 153 Å². The molecule has 15 nitrogen and oxygen atoms in total. The number of rotatable bonds is 11. The van der Waals surface area contributed by atoms with E-state index in [1.807, 2.05) is 95.2 Å². The minimum atomic E-state index is -3.95. The van der Waals surface area contributed by atoms with Gasteiger partial charge in [-0.1, -0.05) is 24.3 Å². The van der Waals surface area contributed by atoms with Crippen molar-refractivity contribution in [2.24, 2.45) is 0 Å². The number of hydrogen-bond donors (Lipinski definition) is 1. The summed E-state index contributed by atoms with van der Waals surface area (Å²) in [7, 11) is -3.95. The van der Waals surface area contributed by atoms with Crippen LogP contribution in [0.5, 0.6) is 0 Å². The summed E-state index contributed by atoms with van der Waals surface area (Å²) < 4.78 is 47.1. The van der Waals surface area contributed by atoms with Gasteiger partial charge in [0.05, 0.1) is 30.0 Å². The predicted octanol–water partition coefficient (Wildman–Crippen LogP) is 3.78. The molecule has 3 aromatic rings. The highest BCUT2D eigenvalue weighted by molar-refractivity contribution is 7.89. The lowest BCUT2D eigenvalue weighted by Crippen LogP contribution is -2.50. The first-order chi connectivity index (χ1) is 27.0. The summed E-state index contributed by atoms with van der Waals surface area (Å²) in [6, 6.07) is 14.1. The fraction of sp³-hybridized carbons (Fsp3) is 0.595. The predicted molar refractivity (Wildman–Crippen MR) is 222 cm³/mol. The van der Waals surface area contributed by atoms with E-state index < -0.39 is 26.8 Å². The first kappa shape index (κ1) is 46.4. The van der Waals surface area contributed by atoms with E-state index >= 15 is 0 Å². The minimum Gasteiger partial charge on any atom is -0.459 e. The summed E-state index contributed by atoms with van der Waals surface area (Å²) in [5.74, 6) is -1.11. The number of fused-ring (bicyclic) bond motifs is 3. The molecule has 1 saturated heterocycles. The van der Waals surface area contributed by atoms with Crippen LogP contribution in [-0.2, 0) is 38.6 Å². The number of nitrogens with zero attached hydrogens (tertiary/aromatic N) is 6. The second-order valence-corrected chi connectivity index (χ2v) is 19.4. The number of carbonyl (C=O) groups excluding carboxylic acids is 3. The molecule has 0 saturated carbocycles. The van der Waals surface area contributed by atoms with Crippen molar-refractivity contribution in [3.05, 3.63) is 48.2 Å². The molecular formula is C42H61N7O8S. The molecule has 0 amide bonds. The number of nitriles is 1. The van der Waals surface area contributed by atoms with Crippen molar-refractivity contribution in [3.8, 4) is 6.07 Å². The fourth-order valence-corrected chi connectivity index (χ4v) is 7.60. The molecule has 16 heteroatoms. The molecule has 1 aliphatic heterocycles. The third kappa shape index (κ3) is 15.2. The third-order valence-electron chi connectivity index (χ3n) is 9.06. The molecule has 2 aromatic carbocycles. The second-order valence-electron chi connectivity index (χ2n) is 17.6. The van der Waals surface area contributed by atoms with Crippen molar-refractivity contribution in [1.29, 1.82) is 5.26 Å². The van der Waals surface area contributed by atoms with Crippen LogP contribution in [0.15, 0.2) is 47.4 Å². The standard InChI is InChI=1S/C42H61N7O8S/c1-40(2,3)55-37(50)28-47-20-18-46(17-16-44-58(53,54)31-14-15-35-34(26-31)32-12-10-11-13-33(32)36(27-43)45-35)19-21-48(29-38(51)56-41(4,5)6)23-25-49(24-22-47)30-39(52)57-42(7,8)9/h10-15,26,44H,16-25,28-30H2,1-9H3. The maximum absolute atomic E-state index is 13.7. The quantitative estimate of drug-likeness (QED) is 0.168. The molecule has 1 fully saturated rings. The lowest BCUT2D eigenvalue weighted by atomic mass is 10.0. The zero-order valence-electron chi connectivity index (χ0n) is 35.6. The van der Waals surface area contributed by atoms with Crippen LogP contribution in [0.25, 0.3) is 21.7 Å². The van der Waals surface area contributed by atoms with Gasteiger partial charge in [0.1, 0.15) is 28.6 Å². The summed E-state index contributed by atoms with van der Waals surface area (Å²) >= 11 is 0. The Morgan fingerprint density at radius 3 is 1.48 bits per heavy atom. The number of carbonyl (C=O) groups is 3. The van der Waals surface area contributed by atoms with Crippen molar-refractivity contribution < 1.29 is 37.0 Å². The molecule has 1 aromatic heterocycles. The van der Waals surface area contributed by atoms with Gasteiger partial charge < -0.3 is 14.2 Å². The summed E-state index contributed by atoms with van der Waals surface area (Å²) in [6.07, 6.45) is 0. The number of nitrogens with one attached hydrogen (secondary N) is 1. The molecule has 0 spiro atoms. The van der Waals surface area contributed by atoms with Gasteiger partial charge in [0.25, 0.3) is 0 Å². The van der Waals surface area contributed by atoms with Gasteiger partial charge in [0.15, 0.2) is 0 Å². The van der Waals surface area contributed by atoms with Crippen molar-refractivity contribution in [1.82, 2.24) is 29.3 Å². The van der Waals surface area contributed by atoms with Gasteiger partial charge in [0, 0.05) is 76.2 Å². The molecule has 0 radical (unpaired) electrons. The molecule has 4 rings (SSSR count). The van der Waals surface area contributed by atoms with E-state index in [4.69, 9.17) is 14.2 Å². The van der Waals surface area contributed by atoms with E-state index in [1.54, 1.807) is 18.2 Å². The Hall–Kier alpha value is -4.24. The van der Waals surface area contributed by atoms with Gasteiger partial charge in [-0.05, 0) is 85.9 Å². The van der Waals surface area contributed by atoms with Gasteiger partial charge in [-0.25, -0.2) is 18.1 Å². The van der Waals surface area contributed by atoms with Gasteiger partial charge in [0.2, 0.25) is 10.0 Å². The van der Waals surface area contributed by atoms with Crippen molar-refractivity contribution in [2.75, 3.05) is 85.1 Å². The molecule has 58 heavy (non-hydrogen) atoms. The molecule has 1 aliphatic rings. The zero-order chi connectivity index (χ0) is 42.9. The van der Waals surface area contributed by atoms with E-state index in [2.05, 4.69) is 20.7 Å². The van der Waals surface area contributed by atoms with E-state index in [-0.39, 0.29) is 54.7 Å². The smallest absolute Gasteiger partial charge is 0.320 e. The highest BCUT2D eigenvalue weighted by Crippen LogP contribution is 2.28. The minimum absolute atomic E-state index is 0.0319. The van der Waals surface area contributed by atoms with Crippen LogP contribution >= 0.6 is 0 Å². The van der Waals surface area contributed by atoms with Crippen LogP contribution in [0.3, 0.4) is 0 Å². The monoisotopic (exact) mass is 823 g/mol.